The molecule has 3 rings (SSSR count). The highest BCUT2D eigenvalue weighted by Gasteiger charge is 2.17. The van der Waals surface area contributed by atoms with Crippen molar-refractivity contribution in [2.45, 2.75) is 13.8 Å². The zero-order valence-corrected chi connectivity index (χ0v) is 19.5. The minimum Gasteiger partial charge on any atom is -0.476 e. The Labute approximate surface area is 186 Å². The van der Waals surface area contributed by atoms with E-state index in [-0.39, 0.29) is 5.56 Å². The first kappa shape index (κ1) is 21.8. The van der Waals surface area contributed by atoms with E-state index >= 15 is 0 Å². The quantitative estimate of drug-likeness (QED) is 0.474. The van der Waals surface area contributed by atoms with Gasteiger partial charge in [-0.05, 0) is 52.8 Å². The normalized spacial score (nSPS) is 11.8. The Hall–Kier alpha value is -1.92. The van der Waals surface area contributed by atoms with E-state index in [2.05, 4.69) is 10.1 Å². The van der Waals surface area contributed by atoms with E-state index in [0.29, 0.717) is 38.2 Å². The number of nitrogens with one attached hydrogen (secondary N) is 1. The summed E-state index contributed by atoms with van der Waals surface area (Å²) in [5.41, 5.74) is 1.57. The first-order chi connectivity index (χ1) is 13.5. The van der Waals surface area contributed by atoms with Gasteiger partial charge < -0.3 is 4.74 Å². The molecule has 0 aliphatic heterocycles. The number of aromatic nitrogens is 3. The molecule has 154 valence electrons. The van der Waals surface area contributed by atoms with Gasteiger partial charge in [-0.2, -0.15) is 5.10 Å². The standard InChI is InChI=1S/C18H18ClIN4O4S/c1-10(2)9-28-18-14(19)7-12(8-21-18)24-15-5-4-11(6-13(15)16(20)22-24)17(25)23-29(3,26)27/h4-8,10H,9H2,1-3H3,(H,23,25). The van der Waals surface area contributed by atoms with Gasteiger partial charge >= 0.3 is 0 Å². The number of fused-ring (bicyclic) bond motifs is 1. The Bertz CT molecular complexity index is 1190. The second-order valence-electron chi connectivity index (χ2n) is 6.82. The summed E-state index contributed by atoms with van der Waals surface area (Å²) in [4.78, 5) is 16.4. The van der Waals surface area contributed by atoms with E-state index in [9.17, 15) is 13.2 Å². The molecule has 0 unspecified atom stereocenters. The van der Waals surface area contributed by atoms with Gasteiger partial charge in [-0.3, -0.25) is 4.79 Å². The van der Waals surface area contributed by atoms with Gasteiger partial charge in [0.15, 0.2) is 0 Å². The maximum absolute atomic E-state index is 12.1. The van der Waals surface area contributed by atoms with Crippen LogP contribution < -0.4 is 9.46 Å². The average Bonchev–Trinajstić information content (AvgIpc) is 2.95. The number of hydrogen-bond acceptors (Lipinski definition) is 6. The van der Waals surface area contributed by atoms with Crippen molar-refractivity contribution in [3.05, 3.63) is 44.7 Å². The summed E-state index contributed by atoms with van der Waals surface area (Å²) in [5, 5.41) is 5.56. The lowest BCUT2D eigenvalue weighted by atomic mass is 10.1. The molecule has 0 fully saturated rings. The number of benzene rings is 1. The fraction of sp³-hybridized carbons (Fsp3) is 0.278. The van der Waals surface area contributed by atoms with Gasteiger partial charge in [0.25, 0.3) is 5.91 Å². The van der Waals surface area contributed by atoms with Crippen LogP contribution in [0.1, 0.15) is 24.2 Å². The molecule has 0 saturated heterocycles. The second-order valence-corrected chi connectivity index (χ2v) is 10.0. The Morgan fingerprint density at radius 1 is 1.34 bits per heavy atom. The van der Waals surface area contributed by atoms with Crippen LogP contribution in [0.25, 0.3) is 16.6 Å². The minimum atomic E-state index is -3.65. The molecule has 0 radical (unpaired) electrons. The molecular weight excluding hydrogens is 531 g/mol. The third kappa shape index (κ3) is 5.17. The van der Waals surface area contributed by atoms with E-state index in [0.717, 1.165) is 11.8 Å². The number of carbonyl (C=O) groups is 1. The van der Waals surface area contributed by atoms with Crippen molar-refractivity contribution in [1.29, 1.82) is 0 Å². The third-order valence-corrected chi connectivity index (χ3v) is 5.39. The smallest absolute Gasteiger partial charge is 0.264 e. The van der Waals surface area contributed by atoms with Crippen LogP contribution in [0, 0.1) is 9.62 Å². The fourth-order valence-electron chi connectivity index (χ4n) is 2.53. The second kappa shape index (κ2) is 8.44. The van der Waals surface area contributed by atoms with Crippen molar-refractivity contribution in [3.8, 4) is 11.6 Å². The number of rotatable bonds is 6. The predicted molar refractivity (Wildman–Crippen MR) is 119 cm³/mol. The van der Waals surface area contributed by atoms with E-state index in [4.69, 9.17) is 16.3 Å². The Morgan fingerprint density at radius 3 is 2.69 bits per heavy atom. The summed E-state index contributed by atoms with van der Waals surface area (Å²) in [5.74, 6) is 0.00240. The van der Waals surface area contributed by atoms with Gasteiger partial charge in [0, 0.05) is 10.9 Å². The molecule has 8 nitrogen and oxygen atoms in total. The highest BCUT2D eigenvalue weighted by Crippen LogP contribution is 2.28. The van der Waals surface area contributed by atoms with E-state index in [1.54, 1.807) is 29.1 Å². The van der Waals surface area contributed by atoms with Crippen LogP contribution in [0.3, 0.4) is 0 Å². The maximum Gasteiger partial charge on any atom is 0.264 e. The number of carbonyl (C=O) groups excluding carboxylic acids is 1. The lowest BCUT2D eigenvalue weighted by Crippen LogP contribution is -2.29. The summed E-state index contributed by atoms with van der Waals surface area (Å²) in [6.07, 6.45) is 2.53. The molecule has 1 aromatic carbocycles. The van der Waals surface area contributed by atoms with Crippen molar-refractivity contribution < 1.29 is 17.9 Å². The van der Waals surface area contributed by atoms with Crippen molar-refractivity contribution in [2.24, 2.45) is 5.92 Å². The Morgan fingerprint density at radius 2 is 2.07 bits per heavy atom. The van der Waals surface area contributed by atoms with E-state index in [1.165, 1.54) is 6.07 Å². The highest BCUT2D eigenvalue weighted by atomic mass is 127. The molecule has 3 aromatic rings. The summed E-state index contributed by atoms with van der Waals surface area (Å²) >= 11 is 8.36. The SMILES string of the molecule is CC(C)COc1ncc(-n2nc(I)c3cc(C(=O)NS(C)(=O)=O)ccc32)cc1Cl. The molecule has 0 atom stereocenters. The largest absolute Gasteiger partial charge is 0.476 e. The van der Waals surface area contributed by atoms with Gasteiger partial charge in [-0.15, -0.1) is 0 Å². The number of pyridine rings is 1. The number of sulfonamides is 1. The topological polar surface area (TPSA) is 103 Å². The monoisotopic (exact) mass is 548 g/mol. The molecule has 0 aliphatic rings. The van der Waals surface area contributed by atoms with Crippen LogP contribution in [-0.4, -0.2) is 42.0 Å². The average molecular weight is 549 g/mol. The predicted octanol–water partition coefficient (Wildman–Crippen LogP) is 3.40. The molecule has 29 heavy (non-hydrogen) atoms. The molecule has 1 amide bonds. The highest BCUT2D eigenvalue weighted by molar-refractivity contribution is 14.1. The van der Waals surface area contributed by atoms with Gasteiger partial charge in [0.2, 0.25) is 15.9 Å². The number of hydrogen-bond donors (Lipinski definition) is 1. The summed E-state index contributed by atoms with van der Waals surface area (Å²) in [6.45, 7) is 4.57. The van der Waals surface area contributed by atoms with Gasteiger partial charge in [0.1, 0.15) is 8.72 Å². The van der Waals surface area contributed by atoms with Crippen molar-refractivity contribution in [1.82, 2.24) is 19.5 Å². The van der Waals surface area contributed by atoms with Crippen molar-refractivity contribution >= 4 is 61.0 Å². The minimum absolute atomic E-state index is 0.217. The summed E-state index contributed by atoms with van der Waals surface area (Å²) in [6, 6.07) is 6.53. The number of ether oxygens (including phenoxy) is 1. The first-order valence-corrected chi connectivity index (χ1v) is 11.9. The molecule has 0 saturated carbocycles. The lowest BCUT2D eigenvalue weighted by molar-refractivity contribution is 0.0982. The molecule has 2 aromatic heterocycles. The van der Waals surface area contributed by atoms with Crippen molar-refractivity contribution in [3.63, 3.8) is 0 Å². The molecule has 1 N–H and O–H groups in total. The van der Waals surface area contributed by atoms with E-state index in [1.807, 2.05) is 41.2 Å². The summed E-state index contributed by atoms with van der Waals surface area (Å²) in [7, 11) is -3.65. The number of amides is 1. The van der Waals surface area contributed by atoms with Crippen LogP contribution in [0.5, 0.6) is 5.88 Å². The summed E-state index contributed by atoms with van der Waals surface area (Å²) < 4.78 is 32.4. The molecule has 0 spiro atoms. The molecule has 0 bridgehead atoms. The zero-order chi connectivity index (χ0) is 21.3. The maximum atomic E-state index is 12.1. The molecule has 0 aliphatic carbocycles. The van der Waals surface area contributed by atoms with Gasteiger partial charge in [-0.1, -0.05) is 25.4 Å². The molecule has 11 heteroatoms. The van der Waals surface area contributed by atoms with Gasteiger partial charge in [0.05, 0.1) is 30.3 Å². The van der Waals surface area contributed by atoms with Crippen LogP contribution in [0.15, 0.2) is 30.5 Å². The van der Waals surface area contributed by atoms with Crippen molar-refractivity contribution in [2.75, 3.05) is 12.9 Å². The first-order valence-electron chi connectivity index (χ1n) is 8.54. The van der Waals surface area contributed by atoms with Crippen LogP contribution in [0.4, 0.5) is 0 Å². The van der Waals surface area contributed by atoms with Crippen LogP contribution in [-0.2, 0) is 10.0 Å². The van der Waals surface area contributed by atoms with Gasteiger partial charge in [-0.25, -0.2) is 22.8 Å². The molecular formula is C18H18ClIN4O4S. The third-order valence-electron chi connectivity index (χ3n) is 3.77. The Balaban J connectivity index is 1.97. The number of nitrogens with zero attached hydrogens (tertiary/aromatic N) is 3. The van der Waals surface area contributed by atoms with E-state index < -0.39 is 15.9 Å². The lowest BCUT2D eigenvalue weighted by Gasteiger charge is -2.10. The zero-order valence-electron chi connectivity index (χ0n) is 15.8. The Kier molecular flexibility index (Phi) is 6.34. The number of halogens is 2. The van der Waals surface area contributed by atoms with Crippen LogP contribution >= 0.6 is 34.2 Å². The fourth-order valence-corrected chi connectivity index (χ4v) is 3.85. The van der Waals surface area contributed by atoms with Crippen LogP contribution in [0.2, 0.25) is 5.02 Å². The molecule has 2 heterocycles.